The maximum atomic E-state index is 12.8. The van der Waals surface area contributed by atoms with Gasteiger partial charge in [-0.25, -0.2) is 9.97 Å². The summed E-state index contributed by atoms with van der Waals surface area (Å²) in [6.45, 7) is 3.69. The molecule has 5 aromatic rings. The number of aromatic nitrogens is 6. The average molecular weight is 768 g/mol. The van der Waals surface area contributed by atoms with Crippen LogP contribution in [0.5, 0.6) is 5.75 Å². The van der Waals surface area contributed by atoms with Crippen LogP contribution in [0.15, 0.2) is 47.5 Å². The van der Waals surface area contributed by atoms with Crippen molar-refractivity contribution in [3.8, 4) is 5.75 Å². The topological polar surface area (TPSA) is 190 Å². The Kier molecular flexibility index (Phi) is 9.31. The Morgan fingerprint density at radius 1 is 1.11 bits per heavy atom. The third kappa shape index (κ3) is 6.79. The second-order valence-corrected chi connectivity index (χ2v) is 15.4. The number of rotatable bonds is 9. The minimum Gasteiger partial charge on any atom is -0.478 e. The zero-order valence-electron chi connectivity index (χ0n) is 31.0. The molecule has 1 saturated carbocycles. The lowest BCUT2D eigenvalue weighted by molar-refractivity contribution is -0.134. The number of carbonyl (C=O) groups is 3. The number of carbonyl (C=O) groups excluding carboxylic acids is 3. The molecule has 2 aliphatic heterocycles. The van der Waals surface area contributed by atoms with Crippen molar-refractivity contribution in [1.82, 2.24) is 39.9 Å². The van der Waals surface area contributed by atoms with E-state index in [0.29, 0.717) is 58.0 Å². The number of likely N-dealkylation sites (N-methyl/N-ethyl adjacent to an activating group) is 1. The Morgan fingerprint density at radius 2 is 1.93 bits per heavy atom. The number of ether oxygens (including phenoxy) is 1. The molecule has 1 spiro atoms. The third-order valence-corrected chi connectivity index (χ3v) is 11.5. The van der Waals surface area contributed by atoms with Crippen LogP contribution in [0.3, 0.4) is 0 Å². The summed E-state index contributed by atoms with van der Waals surface area (Å²) in [5.41, 5.74) is 3.46. The van der Waals surface area contributed by atoms with Crippen LogP contribution in [-0.4, -0.2) is 79.8 Å². The molecule has 4 aromatic heterocycles. The predicted molar refractivity (Wildman–Crippen MR) is 208 cm³/mol. The van der Waals surface area contributed by atoms with Crippen LogP contribution in [0.2, 0.25) is 5.02 Å². The van der Waals surface area contributed by atoms with Crippen molar-refractivity contribution in [2.75, 3.05) is 42.3 Å². The van der Waals surface area contributed by atoms with Gasteiger partial charge < -0.3 is 25.6 Å². The van der Waals surface area contributed by atoms with E-state index < -0.39 is 11.5 Å². The molecule has 3 amide bonds. The molecular weight excluding hydrogens is 726 g/mol. The van der Waals surface area contributed by atoms with Crippen molar-refractivity contribution in [2.45, 2.75) is 51.0 Å². The molecule has 0 bridgehead atoms. The molecule has 6 heterocycles. The number of amides is 3. The van der Waals surface area contributed by atoms with Crippen molar-refractivity contribution in [1.29, 1.82) is 0 Å². The number of halogens is 1. The number of benzene rings is 1. The maximum absolute atomic E-state index is 12.8. The van der Waals surface area contributed by atoms with E-state index in [0.717, 1.165) is 48.9 Å². The molecule has 4 N–H and O–H groups in total. The number of imide groups is 1. The second kappa shape index (κ2) is 14.1. The highest BCUT2D eigenvalue weighted by Gasteiger charge is 2.48. The van der Waals surface area contributed by atoms with E-state index in [1.165, 1.54) is 11.6 Å². The van der Waals surface area contributed by atoms with Gasteiger partial charge >= 0.3 is 0 Å². The molecule has 1 unspecified atom stereocenters. The second-order valence-electron chi connectivity index (χ2n) is 15.0. The Bertz CT molecular complexity index is 2420. The summed E-state index contributed by atoms with van der Waals surface area (Å²) in [6.07, 6.45) is 7.05. The van der Waals surface area contributed by atoms with Crippen molar-refractivity contribution in [3.63, 3.8) is 0 Å². The highest BCUT2D eigenvalue weighted by atomic mass is 35.5. The maximum Gasteiger partial charge on any atom is 0.294 e. The van der Waals surface area contributed by atoms with Gasteiger partial charge in [0.05, 0.1) is 40.9 Å². The summed E-state index contributed by atoms with van der Waals surface area (Å²) in [7, 11) is 4.99. The minimum absolute atomic E-state index is 0.0390. The van der Waals surface area contributed by atoms with E-state index in [1.807, 2.05) is 29.9 Å². The van der Waals surface area contributed by atoms with Crippen LogP contribution < -0.4 is 36.5 Å². The van der Waals surface area contributed by atoms with Crippen LogP contribution in [-0.2, 0) is 28.5 Å². The van der Waals surface area contributed by atoms with Gasteiger partial charge in [0.1, 0.15) is 10.7 Å². The number of pyridine rings is 2. The average Bonchev–Trinajstić information content (AvgIpc) is 3.49. The first-order valence-corrected chi connectivity index (χ1v) is 18.7. The van der Waals surface area contributed by atoms with Crippen LogP contribution in [0.25, 0.3) is 21.9 Å². The minimum atomic E-state index is -0.450. The standard InChI is InChI=1S/C38H42ClN11O5/c1-20-14-38(11-10-26(20)44-27-7-5-6-23-31(47-49(4)32(23)27)24-8-9-29(51)45-35(24)53)18-50(19-38)37-42-16-25(39)33(46-37)43-22-12-21-13-28(55-17-30(52)40-2)36(54)48(3)34(21)41-15-22/h5-7,12-13,15-16,20,24,26,44H,8-11,14,17-19H2,1-4H3,(H,40,52)(H,42,43,46)(H,45,51,53)/t20-,24?,26+/m1/s1. The Balaban J connectivity index is 0.925. The highest BCUT2D eigenvalue weighted by molar-refractivity contribution is 6.33. The van der Waals surface area contributed by atoms with Gasteiger partial charge in [0.25, 0.3) is 11.5 Å². The molecule has 16 nitrogen and oxygen atoms in total. The van der Waals surface area contributed by atoms with Gasteiger partial charge in [-0.15, -0.1) is 0 Å². The summed E-state index contributed by atoms with van der Waals surface area (Å²) >= 11 is 6.56. The third-order valence-electron chi connectivity index (χ3n) is 11.2. The lowest BCUT2D eigenvalue weighted by atomic mass is 9.64. The Labute approximate surface area is 321 Å². The lowest BCUT2D eigenvalue weighted by Crippen LogP contribution is -2.60. The number of aryl methyl sites for hydroxylation is 2. The van der Waals surface area contributed by atoms with Gasteiger partial charge in [-0.2, -0.15) is 10.1 Å². The zero-order valence-corrected chi connectivity index (χ0v) is 31.7. The van der Waals surface area contributed by atoms with Gasteiger partial charge in [0, 0.05) is 62.9 Å². The Morgan fingerprint density at radius 3 is 2.69 bits per heavy atom. The number of hydrogen-bond donors (Lipinski definition) is 4. The molecule has 0 radical (unpaired) electrons. The smallest absolute Gasteiger partial charge is 0.294 e. The summed E-state index contributed by atoms with van der Waals surface area (Å²) < 4.78 is 8.70. The van der Waals surface area contributed by atoms with Crippen molar-refractivity contribution in [3.05, 3.63) is 63.8 Å². The number of fused-ring (bicyclic) bond motifs is 2. The number of anilines is 4. The van der Waals surface area contributed by atoms with Crippen molar-refractivity contribution >= 4 is 74.4 Å². The van der Waals surface area contributed by atoms with Crippen molar-refractivity contribution in [2.24, 2.45) is 25.4 Å². The van der Waals surface area contributed by atoms with Gasteiger partial charge in [-0.3, -0.25) is 33.7 Å². The molecule has 55 heavy (non-hydrogen) atoms. The van der Waals surface area contributed by atoms with E-state index >= 15 is 0 Å². The fraction of sp³-hybridized carbons (Fsp3) is 0.421. The SMILES string of the molecule is CNC(=O)COc1cc2cc(Nc3nc(N4CC5(CC[C@H](Nc6cccc7c(C8CCC(=O)NC8=O)nn(C)c67)[C@H](C)C5)C4)ncc3Cl)cnc2n(C)c1=O. The first-order chi connectivity index (χ1) is 26.4. The fourth-order valence-corrected chi connectivity index (χ4v) is 8.56. The number of nitrogens with one attached hydrogen (secondary N) is 4. The predicted octanol–water partition coefficient (Wildman–Crippen LogP) is 3.76. The van der Waals surface area contributed by atoms with Crippen LogP contribution >= 0.6 is 11.6 Å². The van der Waals surface area contributed by atoms with E-state index in [4.69, 9.17) is 26.4 Å². The van der Waals surface area contributed by atoms with E-state index in [2.05, 4.69) is 49.1 Å². The van der Waals surface area contributed by atoms with Gasteiger partial charge in [-0.05, 0) is 49.8 Å². The number of nitrogens with zero attached hydrogens (tertiary/aromatic N) is 7. The summed E-state index contributed by atoms with van der Waals surface area (Å²) in [5, 5.41) is 18.7. The zero-order chi connectivity index (χ0) is 38.6. The normalized spacial score (nSPS) is 20.7. The first-order valence-electron chi connectivity index (χ1n) is 18.4. The lowest BCUT2D eigenvalue weighted by Gasteiger charge is -2.55. The molecule has 17 heteroatoms. The van der Waals surface area contributed by atoms with Gasteiger partial charge in [-0.1, -0.05) is 30.7 Å². The quantitative estimate of drug-likeness (QED) is 0.159. The van der Waals surface area contributed by atoms with Crippen LogP contribution in [0, 0.1) is 11.3 Å². The van der Waals surface area contributed by atoms with Crippen molar-refractivity contribution < 1.29 is 19.1 Å². The molecule has 286 valence electrons. The number of hydrogen-bond acceptors (Lipinski definition) is 12. The summed E-state index contributed by atoms with van der Waals surface area (Å²) in [4.78, 5) is 64.9. The molecule has 3 atom stereocenters. The molecule has 1 aromatic carbocycles. The monoisotopic (exact) mass is 767 g/mol. The first kappa shape index (κ1) is 36.2. The molecule has 3 aliphatic rings. The highest BCUT2D eigenvalue weighted by Crippen LogP contribution is 2.48. The van der Waals surface area contributed by atoms with Crippen LogP contribution in [0.4, 0.5) is 23.1 Å². The van der Waals surface area contributed by atoms with Gasteiger partial charge in [0.2, 0.25) is 17.8 Å². The molecule has 8 rings (SSSR count). The molecule has 2 saturated heterocycles. The van der Waals surface area contributed by atoms with E-state index in [1.54, 1.807) is 25.5 Å². The van der Waals surface area contributed by atoms with E-state index in [9.17, 15) is 19.2 Å². The number of piperidine rings is 1. The largest absolute Gasteiger partial charge is 0.478 e. The molecule has 1 aliphatic carbocycles. The van der Waals surface area contributed by atoms with Crippen LogP contribution in [0.1, 0.15) is 50.6 Å². The fourth-order valence-electron chi connectivity index (χ4n) is 8.42. The molecular formula is C38H42ClN11O5. The molecule has 3 fully saturated rings. The summed E-state index contributed by atoms with van der Waals surface area (Å²) in [5.74, 6) is 0.127. The summed E-state index contributed by atoms with van der Waals surface area (Å²) in [6, 6.07) is 9.71. The number of para-hydroxylation sites is 1. The Hall–Kier alpha value is -5.77. The van der Waals surface area contributed by atoms with Gasteiger partial charge in [0.15, 0.2) is 18.2 Å². The van der Waals surface area contributed by atoms with E-state index in [-0.39, 0.29) is 41.5 Å².